The lowest BCUT2D eigenvalue weighted by atomic mass is 10.1. The van der Waals surface area contributed by atoms with E-state index in [0.717, 1.165) is 17.4 Å². The first-order valence-corrected chi connectivity index (χ1v) is 9.51. The van der Waals surface area contributed by atoms with Crippen LogP contribution >= 0.6 is 0 Å². The van der Waals surface area contributed by atoms with Gasteiger partial charge in [0.15, 0.2) is 11.5 Å². The lowest BCUT2D eigenvalue weighted by molar-refractivity contribution is -0.142. The van der Waals surface area contributed by atoms with Crippen LogP contribution in [0.25, 0.3) is 11.5 Å². The molecule has 0 saturated carbocycles. The van der Waals surface area contributed by atoms with Crippen LogP contribution in [0.5, 0.6) is 11.5 Å². The number of oxazole rings is 1. The number of methoxy groups -OCH3 is 1. The van der Waals surface area contributed by atoms with E-state index in [-0.39, 0.29) is 19.0 Å². The van der Waals surface area contributed by atoms with Crippen molar-refractivity contribution in [1.29, 1.82) is 0 Å². The number of carbonyl (C=O) groups is 2. The maximum absolute atomic E-state index is 11.6. The van der Waals surface area contributed by atoms with Crippen molar-refractivity contribution in [2.24, 2.45) is 0 Å². The summed E-state index contributed by atoms with van der Waals surface area (Å²) in [6.07, 6.45) is 0.973. The number of rotatable bonds is 9. The Morgan fingerprint density at radius 2 is 1.90 bits per heavy atom. The number of hydrogen-bond acceptors (Lipinski definition) is 7. The molecule has 0 amide bonds. The molecule has 7 heteroatoms. The minimum atomic E-state index is -0.256. The summed E-state index contributed by atoms with van der Waals surface area (Å²) in [4.78, 5) is 27.0. The van der Waals surface area contributed by atoms with Crippen LogP contribution in [-0.4, -0.2) is 31.0 Å². The SMILES string of the molecule is CCOC(=O)Cc1ccc(-c2nc(COc3ccc(C=O)cc3OC)c(C)o2)cc1. The van der Waals surface area contributed by atoms with Crippen molar-refractivity contribution in [2.75, 3.05) is 13.7 Å². The van der Waals surface area contributed by atoms with Gasteiger partial charge in [0.25, 0.3) is 0 Å². The van der Waals surface area contributed by atoms with Crippen LogP contribution in [0.3, 0.4) is 0 Å². The van der Waals surface area contributed by atoms with Gasteiger partial charge in [0.2, 0.25) is 5.89 Å². The van der Waals surface area contributed by atoms with Gasteiger partial charge in [-0.2, -0.15) is 0 Å². The second kappa shape index (κ2) is 9.73. The lowest BCUT2D eigenvalue weighted by Gasteiger charge is -2.10. The second-order valence-electron chi connectivity index (χ2n) is 6.52. The highest BCUT2D eigenvalue weighted by Gasteiger charge is 2.14. The minimum absolute atomic E-state index is 0.188. The van der Waals surface area contributed by atoms with Crippen LogP contribution in [0.15, 0.2) is 46.9 Å². The normalized spacial score (nSPS) is 10.5. The van der Waals surface area contributed by atoms with Gasteiger partial charge in [-0.25, -0.2) is 4.98 Å². The van der Waals surface area contributed by atoms with Gasteiger partial charge in [0, 0.05) is 11.1 Å². The number of carbonyl (C=O) groups excluding carboxylic acids is 2. The fourth-order valence-electron chi connectivity index (χ4n) is 2.85. The fraction of sp³-hybridized carbons (Fsp3) is 0.261. The highest BCUT2D eigenvalue weighted by atomic mass is 16.5. The standard InChI is InChI=1S/C23H23NO6/c1-4-28-22(26)12-16-5-8-18(9-6-16)23-24-19(15(2)30-23)14-29-20-10-7-17(13-25)11-21(20)27-3/h5-11,13H,4,12,14H2,1-3H3. The Balaban J connectivity index is 1.70. The number of hydrogen-bond donors (Lipinski definition) is 0. The summed E-state index contributed by atoms with van der Waals surface area (Å²) in [5, 5.41) is 0. The van der Waals surface area contributed by atoms with Crippen molar-refractivity contribution in [1.82, 2.24) is 4.98 Å². The monoisotopic (exact) mass is 409 g/mol. The van der Waals surface area contributed by atoms with E-state index in [0.29, 0.717) is 41.0 Å². The molecule has 0 spiro atoms. The molecule has 156 valence electrons. The van der Waals surface area contributed by atoms with E-state index < -0.39 is 0 Å². The van der Waals surface area contributed by atoms with Crippen molar-refractivity contribution in [2.45, 2.75) is 26.9 Å². The molecule has 7 nitrogen and oxygen atoms in total. The highest BCUT2D eigenvalue weighted by Crippen LogP contribution is 2.29. The van der Waals surface area contributed by atoms with Crippen LogP contribution in [0.2, 0.25) is 0 Å². The predicted molar refractivity (Wildman–Crippen MR) is 110 cm³/mol. The number of aryl methyl sites for hydroxylation is 1. The van der Waals surface area contributed by atoms with Crippen molar-refractivity contribution >= 4 is 12.3 Å². The molecule has 2 aromatic carbocycles. The van der Waals surface area contributed by atoms with Crippen LogP contribution in [-0.2, 0) is 22.6 Å². The number of nitrogens with zero attached hydrogens (tertiary/aromatic N) is 1. The van der Waals surface area contributed by atoms with E-state index in [2.05, 4.69) is 4.98 Å². The third-order valence-corrected chi connectivity index (χ3v) is 4.44. The maximum atomic E-state index is 11.6. The number of esters is 1. The Bertz CT molecular complexity index is 1020. The van der Waals surface area contributed by atoms with Crippen molar-refractivity contribution in [3.63, 3.8) is 0 Å². The molecule has 30 heavy (non-hydrogen) atoms. The first-order valence-electron chi connectivity index (χ1n) is 9.51. The van der Waals surface area contributed by atoms with Gasteiger partial charge in [0.05, 0.1) is 20.1 Å². The van der Waals surface area contributed by atoms with E-state index in [1.54, 1.807) is 25.1 Å². The molecule has 1 aromatic heterocycles. The van der Waals surface area contributed by atoms with Crippen LogP contribution in [0, 0.1) is 6.92 Å². The Hall–Kier alpha value is -3.61. The summed E-state index contributed by atoms with van der Waals surface area (Å²) in [5.41, 5.74) is 2.81. The smallest absolute Gasteiger partial charge is 0.310 e. The largest absolute Gasteiger partial charge is 0.493 e. The predicted octanol–water partition coefficient (Wildman–Crippen LogP) is 4.16. The average molecular weight is 409 g/mol. The molecule has 3 aromatic rings. The number of benzene rings is 2. The topological polar surface area (TPSA) is 87.9 Å². The quantitative estimate of drug-likeness (QED) is 0.387. The number of aromatic nitrogens is 1. The van der Waals surface area contributed by atoms with Crippen LogP contribution in [0.4, 0.5) is 0 Å². The molecule has 0 unspecified atom stereocenters. The fourth-order valence-corrected chi connectivity index (χ4v) is 2.85. The average Bonchev–Trinajstić information content (AvgIpc) is 3.13. The highest BCUT2D eigenvalue weighted by molar-refractivity contribution is 5.76. The van der Waals surface area contributed by atoms with Gasteiger partial charge < -0.3 is 18.6 Å². The Kier molecular flexibility index (Phi) is 6.85. The van der Waals surface area contributed by atoms with E-state index in [4.69, 9.17) is 18.6 Å². The van der Waals surface area contributed by atoms with E-state index in [1.165, 1.54) is 7.11 Å². The number of ether oxygens (including phenoxy) is 3. The molecule has 0 radical (unpaired) electrons. The molecule has 0 N–H and O–H groups in total. The third-order valence-electron chi connectivity index (χ3n) is 4.44. The summed E-state index contributed by atoms with van der Waals surface area (Å²) in [6, 6.07) is 12.4. The maximum Gasteiger partial charge on any atom is 0.310 e. The van der Waals surface area contributed by atoms with Gasteiger partial charge in [-0.05, 0) is 49.7 Å². The molecule has 0 fully saturated rings. The minimum Gasteiger partial charge on any atom is -0.493 e. The molecular formula is C23H23NO6. The molecule has 0 aliphatic rings. The zero-order chi connectivity index (χ0) is 21.5. The van der Waals surface area contributed by atoms with Gasteiger partial charge >= 0.3 is 5.97 Å². The van der Waals surface area contributed by atoms with E-state index in [9.17, 15) is 9.59 Å². The molecule has 0 aliphatic heterocycles. The third kappa shape index (κ3) is 5.05. The first-order chi connectivity index (χ1) is 14.5. The molecule has 0 aliphatic carbocycles. The van der Waals surface area contributed by atoms with Gasteiger partial charge in [-0.3, -0.25) is 9.59 Å². The lowest BCUT2D eigenvalue weighted by Crippen LogP contribution is -2.07. The van der Waals surface area contributed by atoms with E-state index in [1.807, 2.05) is 31.2 Å². The van der Waals surface area contributed by atoms with Gasteiger partial charge in [-0.1, -0.05) is 12.1 Å². The first kappa shape index (κ1) is 21.1. The summed E-state index contributed by atoms with van der Waals surface area (Å²) in [6.45, 7) is 4.15. The summed E-state index contributed by atoms with van der Waals surface area (Å²) < 4.78 is 21.8. The molecule has 0 saturated heterocycles. The summed E-state index contributed by atoms with van der Waals surface area (Å²) in [5.74, 6) is 1.84. The van der Waals surface area contributed by atoms with Crippen molar-refractivity contribution < 1.29 is 28.2 Å². The Morgan fingerprint density at radius 3 is 2.57 bits per heavy atom. The summed E-state index contributed by atoms with van der Waals surface area (Å²) >= 11 is 0. The second-order valence-corrected chi connectivity index (χ2v) is 6.52. The Labute approximate surface area is 174 Å². The summed E-state index contributed by atoms with van der Waals surface area (Å²) in [7, 11) is 1.52. The van der Waals surface area contributed by atoms with Crippen LogP contribution in [0.1, 0.15) is 34.3 Å². The van der Waals surface area contributed by atoms with Gasteiger partial charge in [0.1, 0.15) is 24.3 Å². The zero-order valence-corrected chi connectivity index (χ0v) is 17.1. The molecular weight excluding hydrogens is 386 g/mol. The van der Waals surface area contributed by atoms with Crippen molar-refractivity contribution in [3.05, 3.63) is 65.0 Å². The van der Waals surface area contributed by atoms with Crippen molar-refractivity contribution in [3.8, 4) is 23.0 Å². The molecule has 0 atom stereocenters. The molecule has 1 heterocycles. The Morgan fingerprint density at radius 1 is 1.13 bits per heavy atom. The zero-order valence-electron chi connectivity index (χ0n) is 17.1. The molecule has 3 rings (SSSR count). The number of aldehydes is 1. The molecule has 0 bridgehead atoms. The van der Waals surface area contributed by atoms with Gasteiger partial charge in [-0.15, -0.1) is 0 Å². The van der Waals surface area contributed by atoms with E-state index >= 15 is 0 Å². The van der Waals surface area contributed by atoms with Crippen LogP contribution < -0.4 is 9.47 Å².